The number of aryl methyl sites for hydroxylation is 1. The first kappa shape index (κ1) is 15.2. The number of carbonyl (C=O) groups is 1. The minimum atomic E-state index is -0.265. The zero-order valence-electron chi connectivity index (χ0n) is 11.8. The maximum atomic E-state index is 12.0. The predicted molar refractivity (Wildman–Crippen MR) is 94.4 cm³/mol. The largest absolute Gasteiger partial charge is 0.315 e. The smallest absolute Gasteiger partial charge is 0.272 e. The summed E-state index contributed by atoms with van der Waals surface area (Å²) >= 11 is 9.32. The highest BCUT2D eigenvalue weighted by molar-refractivity contribution is 7.16. The molecule has 0 saturated heterocycles. The number of hydrogen-bond acceptors (Lipinski definition) is 3. The van der Waals surface area contributed by atoms with Crippen molar-refractivity contribution in [3.05, 3.63) is 56.5 Å². The molecule has 0 bridgehead atoms. The van der Waals surface area contributed by atoms with E-state index in [9.17, 15) is 4.79 Å². The van der Waals surface area contributed by atoms with E-state index in [1.807, 2.05) is 47.2 Å². The maximum Gasteiger partial charge on any atom is 0.272 e. The van der Waals surface area contributed by atoms with Gasteiger partial charge in [-0.1, -0.05) is 35.1 Å². The van der Waals surface area contributed by atoms with Crippen LogP contribution in [0.3, 0.4) is 0 Å². The van der Waals surface area contributed by atoms with Gasteiger partial charge >= 0.3 is 0 Å². The fourth-order valence-corrected chi connectivity index (χ4v) is 4.21. The Morgan fingerprint density at radius 2 is 2.23 bits per heavy atom. The van der Waals surface area contributed by atoms with Crippen molar-refractivity contribution < 1.29 is 4.79 Å². The second-order valence-electron chi connectivity index (χ2n) is 4.51. The van der Waals surface area contributed by atoms with Crippen LogP contribution in [-0.2, 0) is 11.3 Å². The van der Waals surface area contributed by atoms with E-state index in [1.165, 1.54) is 17.4 Å². The molecule has 0 atom stereocenters. The molecule has 0 radical (unpaired) electrons. The van der Waals surface area contributed by atoms with E-state index in [2.05, 4.69) is 4.99 Å². The third-order valence-corrected chi connectivity index (χ3v) is 5.29. The van der Waals surface area contributed by atoms with E-state index in [1.54, 1.807) is 17.4 Å². The van der Waals surface area contributed by atoms with Crippen molar-refractivity contribution in [2.24, 2.45) is 4.99 Å². The summed E-state index contributed by atoms with van der Waals surface area (Å²) in [6, 6.07) is 9.66. The van der Waals surface area contributed by atoms with E-state index < -0.39 is 0 Å². The van der Waals surface area contributed by atoms with E-state index in [0.717, 1.165) is 15.1 Å². The fourth-order valence-electron chi connectivity index (χ4n) is 2.14. The van der Waals surface area contributed by atoms with Crippen LogP contribution in [0, 0.1) is 0 Å². The van der Waals surface area contributed by atoms with Crippen LogP contribution in [0.15, 0.2) is 46.8 Å². The fraction of sp³-hybridized carbons (Fsp3) is 0.125. The zero-order chi connectivity index (χ0) is 15.5. The first-order valence-corrected chi connectivity index (χ1v) is 8.84. The predicted octanol–water partition coefficient (Wildman–Crippen LogP) is 4.58. The Hall–Kier alpha value is -1.69. The number of fused-ring (bicyclic) bond motifs is 1. The van der Waals surface area contributed by atoms with Crippen LogP contribution in [0.4, 0.5) is 0 Å². The number of thiophene rings is 1. The van der Waals surface area contributed by atoms with Crippen LogP contribution in [-0.4, -0.2) is 10.5 Å². The number of rotatable bonds is 3. The van der Waals surface area contributed by atoms with Crippen molar-refractivity contribution in [3.63, 3.8) is 0 Å². The Labute approximate surface area is 140 Å². The van der Waals surface area contributed by atoms with Gasteiger partial charge in [-0.2, -0.15) is 4.99 Å². The molecule has 0 saturated carbocycles. The molecule has 1 aromatic carbocycles. The summed E-state index contributed by atoms with van der Waals surface area (Å²) in [4.78, 5) is 18.0. The van der Waals surface area contributed by atoms with E-state index in [0.29, 0.717) is 16.4 Å². The third-order valence-electron chi connectivity index (χ3n) is 3.11. The number of hydrogen-bond donors (Lipinski definition) is 0. The van der Waals surface area contributed by atoms with Crippen molar-refractivity contribution in [1.82, 2.24) is 4.57 Å². The Bertz CT molecular complexity index is 904. The summed E-state index contributed by atoms with van der Waals surface area (Å²) in [6.45, 7) is 2.73. The average Bonchev–Trinajstić information content (AvgIpc) is 3.12. The van der Waals surface area contributed by atoms with Gasteiger partial charge in [0.1, 0.15) is 0 Å². The molecule has 0 aliphatic heterocycles. The standard InChI is InChI=1S/C16H13ClN2OS2/c1-2-19-15-12(17)6-3-7-13(15)22-16(19)18-14(20)9-8-11-5-4-10-21-11/h3-10H,2H2,1H3/b9-8+,18-16?. The minimum absolute atomic E-state index is 0.265. The molecule has 0 fully saturated rings. The normalized spacial score (nSPS) is 12.5. The molecule has 0 unspecified atom stereocenters. The SMILES string of the molecule is CCn1c(=NC(=O)/C=C/c2cccs2)sc2cccc(Cl)c21. The minimum Gasteiger partial charge on any atom is -0.315 e. The summed E-state index contributed by atoms with van der Waals surface area (Å²) in [5.41, 5.74) is 0.936. The number of amides is 1. The van der Waals surface area contributed by atoms with Crippen molar-refractivity contribution >= 4 is 56.5 Å². The zero-order valence-corrected chi connectivity index (χ0v) is 14.2. The Morgan fingerprint density at radius 1 is 1.36 bits per heavy atom. The molecular formula is C16H13ClN2OS2. The highest BCUT2D eigenvalue weighted by atomic mass is 35.5. The molecule has 112 valence electrons. The average molecular weight is 349 g/mol. The summed E-state index contributed by atoms with van der Waals surface area (Å²) in [5.74, 6) is -0.265. The van der Waals surface area contributed by atoms with Gasteiger partial charge in [-0.15, -0.1) is 11.3 Å². The van der Waals surface area contributed by atoms with E-state index in [-0.39, 0.29) is 5.91 Å². The van der Waals surface area contributed by atoms with Gasteiger partial charge < -0.3 is 4.57 Å². The number of benzene rings is 1. The monoisotopic (exact) mass is 348 g/mol. The van der Waals surface area contributed by atoms with Gasteiger partial charge in [0.15, 0.2) is 4.80 Å². The van der Waals surface area contributed by atoms with Gasteiger partial charge in [0.05, 0.1) is 15.2 Å². The van der Waals surface area contributed by atoms with Crippen LogP contribution in [0.2, 0.25) is 5.02 Å². The highest BCUT2D eigenvalue weighted by Gasteiger charge is 2.08. The van der Waals surface area contributed by atoms with E-state index >= 15 is 0 Å². The molecule has 3 rings (SSSR count). The second-order valence-corrected chi connectivity index (χ2v) is 6.91. The summed E-state index contributed by atoms with van der Waals surface area (Å²) in [7, 11) is 0. The molecule has 2 heterocycles. The van der Waals surface area contributed by atoms with Crippen LogP contribution < -0.4 is 4.80 Å². The van der Waals surface area contributed by atoms with Gasteiger partial charge in [-0.3, -0.25) is 4.79 Å². The molecule has 0 aliphatic carbocycles. The lowest BCUT2D eigenvalue weighted by molar-refractivity contribution is -0.113. The van der Waals surface area contributed by atoms with E-state index in [4.69, 9.17) is 11.6 Å². The lowest BCUT2D eigenvalue weighted by Crippen LogP contribution is -2.15. The van der Waals surface area contributed by atoms with Gasteiger partial charge in [-0.05, 0) is 36.6 Å². The summed E-state index contributed by atoms with van der Waals surface area (Å²) in [5, 5.41) is 2.65. The van der Waals surface area contributed by atoms with Crippen LogP contribution in [0.25, 0.3) is 16.3 Å². The molecule has 1 amide bonds. The lowest BCUT2D eigenvalue weighted by atomic mass is 10.3. The van der Waals surface area contributed by atoms with Gasteiger partial charge in [0.2, 0.25) is 0 Å². The quantitative estimate of drug-likeness (QED) is 0.638. The van der Waals surface area contributed by atoms with Crippen molar-refractivity contribution in [2.45, 2.75) is 13.5 Å². The van der Waals surface area contributed by atoms with Crippen LogP contribution in [0.1, 0.15) is 11.8 Å². The maximum absolute atomic E-state index is 12.0. The summed E-state index contributed by atoms with van der Waals surface area (Å²) in [6.07, 6.45) is 3.28. The molecule has 3 nitrogen and oxygen atoms in total. The number of aromatic nitrogens is 1. The van der Waals surface area contributed by atoms with Crippen molar-refractivity contribution in [3.8, 4) is 0 Å². The van der Waals surface area contributed by atoms with Gasteiger partial charge in [0.25, 0.3) is 5.91 Å². The number of halogens is 1. The molecule has 0 spiro atoms. The Balaban J connectivity index is 2.02. The van der Waals surface area contributed by atoms with Gasteiger partial charge in [-0.25, -0.2) is 0 Å². The highest BCUT2D eigenvalue weighted by Crippen LogP contribution is 2.25. The second kappa shape index (κ2) is 6.60. The molecular weight excluding hydrogens is 336 g/mol. The molecule has 2 aromatic heterocycles. The lowest BCUT2D eigenvalue weighted by Gasteiger charge is -2.01. The molecule has 6 heteroatoms. The summed E-state index contributed by atoms with van der Waals surface area (Å²) < 4.78 is 3.00. The van der Waals surface area contributed by atoms with Crippen molar-refractivity contribution in [1.29, 1.82) is 0 Å². The third kappa shape index (κ3) is 3.06. The van der Waals surface area contributed by atoms with Gasteiger partial charge in [0, 0.05) is 17.5 Å². The molecule has 0 aliphatic rings. The number of nitrogens with zero attached hydrogens (tertiary/aromatic N) is 2. The van der Waals surface area contributed by atoms with Crippen LogP contribution in [0.5, 0.6) is 0 Å². The van der Waals surface area contributed by atoms with Crippen molar-refractivity contribution in [2.75, 3.05) is 0 Å². The van der Waals surface area contributed by atoms with Crippen LogP contribution >= 0.6 is 34.3 Å². The molecule has 0 N–H and O–H groups in total. The Kier molecular flexibility index (Phi) is 4.57. The first-order valence-electron chi connectivity index (χ1n) is 6.77. The molecule has 22 heavy (non-hydrogen) atoms. The number of para-hydroxylation sites is 1. The topological polar surface area (TPSA) is 34.4 Å². The first-order chi connectivity index (χ1) is 10.7. The Morgan fingerprint density at radius 3 is 2.95 bits per heavy atom. The number of carbonyl (C=O) groups excluding carboxylic acids is 1. The number of thiazole rings is 1. The molecule has 3 aromatic rings.